The molecule has 0 aromatic heterocycles. The van der Waals surface area contributed by atoms with Crippen molar-refractivity contribution in [3.05, 3.63) is 0 Å². The van der Waals surface area contributed by atoms with Crippen LogP contribution in [0.4, 0.5) is 0 Å². The molecular formula is C15H22Li2N4O9S. The molecule has 0 heterocycles. The minimum absolute atomic E-state index is 0. The molecule has 16 heteroatoms. The number of amides is 3. The summed E-state index contributed by atoms with van der Waals surface area (Å²) >= 11 is 3.86. The third kappa shape index (κ3) is 15.7. The van der Waals surface area contributed by atoms with Crippen LogP contribution < -0.4 is 69.6 Å². The topological polar surface area (TPSA) is 231 Å². The van der Waals surface area contributed by atoms with Gasteiger partial charge in [0.2, 0.25) is 17.7 Å². The van der Waals surface area contributed by atoms with Gasteiger partial charge in [0.05, 0.1) is 24.5 Å². The fourth-order valence-corrected chi connectivity index (χ4v) is 2.20. The SMILES string of the molecule is N[C@@H](CCC(=O)N[C@@H](CCC(=O)N[C@@H](CS)C(=O)NCC(=O)[O-])C(=O)[O-])C(=O)O.[Li+].[Li+]. The third-order valence-corrected chi connectivity index (χ3v) is 3.89. The van der Waals surface area contributed by atoms with Gasteiger partial charge in [-0.05, 0) is 12.8 Å². The van der Waals surface area contributed by atoms with Gasteiger partial charge in [-0.3, -0.25) is 19.2 Å². The molecule has 0 bridgehead atoms. The Bertz CT molecular complexity index is 654. The van der Waals surface area contributed by atoms with E-state index in [1.165, 1.54) is 0 Å². The second-order valence-electron chi connectivity index (χ2n) is 5.85. The molecule has 13 nitrogen and oxygen atoms in total. The van der Waals surface area contributed by atoms with Crippen LogP contribution >= 0.6 is 12.6 Å². The number of hydrogen-bond donors (Lipinski definition) is 6. The van der Waals surface area contributed by atoms with Crippen LogP contribution in [-0.4, -0.2) is 71.2 Å². The number of nitrogens with one attached hydrogen (secondary N) is 3. The fraction of sp³-hybridized carbons (Fsp3) is 0.600. The van der Waals surface area contributed by atoms with Gasteiger partial charge in [-0.1, -0.05) is 0 Å². The molecule has 0 aliphatic carbocycles. The average molecular weight is 448 g/mol. The van der Waals surface area contributed by atoms with Gasteiger partial charge < -0.3 is 46.6 Å². The monoisotopic (exact) mass is 448 g/mol. The van der Waals surface area contributed by atoms with Gasteiger partial charge in [0, 0.05) is 18.6 Å². The van der Waals surface area contributed by atoms with Crippen molar-refractivity contribution in [3.63, 3.8) is 0 Å². The quantitative estimate of drug-likeness (QED) is 0.108. The Balaban J connectivity index is -0.00000392. The van der Waals surface area contributed by atoms with E-state index in [-0.39, 0.29) is 62.7 Å². The van der Waals surface area contributed by atoms with Gasteiger partial charge in [-0.25, -0.2) is 0 Å². The van der Waals surface area contributed by atoms with Crippen LogP contribution in [0.5, 0.6) is 0 Å². The van der Waals surface area contributed by atoms with Crippen molar-refractivity contribution in [2.45, 2.75) is 43.8 Å². The smallest absolute Gasteiger partial charge is 0.548 e. The molecule has 0 aromatic carbocycles. The molecule has 31 heavy (non-hydrogen) atoms. The van der Waals surface area contributed by atoms with Crippen LogP contribution in [0, 0.1) is 0 Å². The van der Waals surface area contributed by atoms with Gasteiger partial charge in [0.25, 0.3) is 0 Å². The van der Waals surface area contributed by atoms with Crippen molar-refractivity contribution in [1.82, 2.24) is 16.0 Å². The number of carbonyl (C=O) groups excluding carboxylic acids is 5. The van der Waals surface area contributed by atoms with E-state index in [0.717, 1.165) is 0 Å². The second-order valence-corrected chi connectivity index (χ2v) is 6.22. The number of rotatable bonds is 14. The predicted molar refractivity (Wildman–Crippen MR) is 94.8 cm³/mol. The Hall–Kier alpha value is -1.68. The molecule has 0 saturated heterocycles. The minimum Gasteiger partial charge on any atom is -0.548 e. The Labute approximate surface area is 207 Å². The maximum Gasteiger partial charge on any atom is 1.00 e. The molecular weight excluding hydrogens is 426 g/mol. The van der Waals surface area contributed by atoms with E-state index in [9.17, 15) is 39.0 Å². The summed E-state index contributed by atoms with van der Waals surface area (Å²) in [4.78, 5) is 67.3. The number of carboxylic acid groups (broad SMARTS) is 3. The van der Waals surface area contributed by atoms with E-state index in [1.807, 2.05) is 5.32 Å². The first-order chi connectivity index (χ1) is 13.5. The molecule has 3 amide bonds. The first-order valence-corrected chi connectivity index (χ1v) is 8.97. The molecule has 0 aromatic rings. The third-order valence-electron chi connectivity index (χ3n) is 3.52. The van der Waals surface area contributed by atoms with Crippen LogP contribution in [0.1, 0.15) is 25.7 Å². The summed E-state index contributed by atoms with van der Waals surface area (Å²) in [7, 11) is 0. The zero-order valence-electron chi connectivity index (χ0n) is 17.2. The van der Waals surface area contributed by atoms with Crippen molar-refractivity contribution >= 4 is 48.3 Å². The molecule has 0 aliphatic heterocycles. The van der Waals surface area contributed by atoms with Crippen molar-refractivity contribution in [2.75, 3.05) is 12.3 Å². The summed E-state index contributed by atoms with van der Waals surface area (Å²) in [6.45, 7) is -0.761. The Morgan fingerprint density at radius 3 is 1.81 bits per heavy atom. The Kier molecular flexibility index (Phi) is 19.7. The predicted octanol–water partition coefficient (Wildman–Crippen LogP) is -11.5. The Morgan fingerprint density at radius 2 is 1.39 bits per heavy atom. The van der Waals surface area contributed by atoms with Gasteiger partial charge >= 0.3 is 43.7 Å². The average Bonchev–Trinajstić information content (AvgIpc) is 2.64. The summed E-state index contributed by atoms with van der Waals surface area (Å²) < 4.78 is 0. The van der Waals surface area contributed by atoms with Crippen LogP contribution in [0.15, 0.2) is 0 Å². The molecule has 164 valence electrons. The van der Waals surface area contributed by atoms with Crippen LogP contribution in [0.25, 0.3) is 0 Å². The summed E-state index contributed by atoms with van der Waals surface area (Å²) in [6, 6.07) is -3.98. The first kappa shape index (κ1) is 33.9. The second kappa shape index (κ2) is 18.0. The zero-order chi connectivity index (χ0) is 22.6. The number of aliphatic carboxylic acids is 3. The normalized spacial score (nSPS) is 12.6. The first-order valence-electron chi connectivity index (χ1n) is 8.34. The van der Waals surface area contributed by atoms with E-state index in [2.05, 4.69) is 23.3 Å². The number of hydrogen-bond acceptors (Lipinski definition) is 10. The summed E-state index contributed by atoms with van der Waals surface area (Å²) in [6.07, 6.45) is -1.34. The molecule has 0 radical (unpaired) electrons. The van der Waals surface area contributed by atoms with Gasteiger partial charge in [-0.2, -0.15) is 12.6 Å². The maximum atomic E-state index is 11.9. The molecule has 0 unspecified atom stereocenters. The zero-order valence-corrected chi connectivity index (χ0v) is 18.1. The molecule has 0 fully saturated rings. The number of carboxylic acids is 3. The number of carbonyl (C=O) groups is 6. The van der Waals surface area contributed by atoms with Crippen molar-refractivity contribution in [2.24, 2.45) is 5.73 Å². The molecule has 0 rings (SSSR count). The maximum absolute atomic E-state index is 11.9. The van der Waals surface area contributed by atoms with E-state index in [1.54, 1.807) is 0 Å². The van der Waals surface area contributed by atoms with Crippen LogP contribution in [0.2, 0.25) is 0 Å². The van der Waals surface area contributed by atoms with E-state index in [4.69, 9.17) is 10.8 Å². The minimum atomic E-state index is -1.66. The molecule has 0 spiro atoms. The Morgan fingerprint density at radius 1 is 0.903 bits per heavy atom. The number of nitrogens with two attached hydrogens (primary N) is 1. The van der Waals surface area contributed by atoms with Crippen LogP contribution in [-0.2, 0) is 28.8 Å². The summed E-state index contributed by atoms with van der Waals surface area (Å²) in [5, 5.41) is 36.4. The number of thiol groups is 1. The summed E-state index contributed by atoms with van der Waals surface area (Å²) in [5.41, 5.74) is 5.24. The van der Waals surface area contributed by atoms with E-state index >= 15 is 0 Å². The summed E-state index contributed by atoms with van der Waals surface area (Å²) in [5.74, 6) is -7.02. The molecule has 3 atom stereocenters. The van der Waals surface area contributed by atoms with Crippen molar-refractivity contribution in [3.8, 4) is 0 Å². The fourth-order valence-electron chi connectivity index (χ4n) is 1.94. The van der Waals surface area contributed by atoms with Crippen LogP contribution in [0.3, 0.4) is 0 Å². The standard InChI is InChI=1S/C15H24N4O9S.2Li/c16-7(14(25)26)1-3-10(20)18-8(15(27)28)2-4-11(21)19-9(6-29)13(24)17-5-12(22)23;;/h7-9,29H,1-6,16H2,(H,17,24)(H,18,20)(H,19,21)(H,22,23)(H,25,26)(H,27,28);;/q;2*+1/p-2/t7-,8-,9-;;/m0../s1. The molecule has 0 saturated carbocycles. The van der Waals surface area contributed by atoms with Crippen molar-refractivity contribution in [1.29, 1.82) is 0 Å². The van der Waals surface area contributed by atoms with Gasteiger partial charge in [0.15, 0.2) is 0 Å². The largest absolute Gasteiger partial charge is 1.00 e. The van der Waals surface area contributed by atoms with Gasteiger partial charge in [0.1, 0.15) is 12.1 Å². The molecule has 0 aliphatic rings. The molecule has 6 N–H and O–H groups in total. The van der Waals surface area contributed by atoms with Crippen molar-refractivity contribution < 1.29 is 81.8 Å². The van der Waals surface area contributed by atoms with E-state index < -0.39 is 66.7 Å². The van der Waals surface area contributed by atoms with E-state index in [0.29, 0.717) is 0 Å². The van der Waals surface area contributed by atoms with Gasteiger partial charge in [-0.15, -0.1) is 0 Å².